The van der Waals surface area contributed by atoms with Crippen LogP contribution in [0.2, 0.25) is 0 Å². The summed E-state index contributed by atoms with van der Waals surface area (Å²) >= 11 is 3.61. The molecule has 7 nitrogen and oxygen atoms in total. The molecule has 0 saturated carbocycles. The lowest BCUT2D eigenvalue weighted by Crippen LogP contribution is -2.30. The SMILES string of the molecule is CCCN(c1ccncc1)n1c2ccccc2c2cc(Br)ccc21.O=C(O)C=CC(=O)O. The number of para-hydroxylation sites is 1. The van der Waals surface area contributed by atoms with Crippen LogP contribution in [0.4, 0.5) is 5.69 Å². The molecule has 2 N–H and O–H groups in total. The van der Waals surface area contributed by atoms with E-state index < -0.39 is 11.9 Å². The van der Waals surface area contributed by atoms with Crippen LogP contribution in [0.3, 0.4) is 0 Å². The molecule has 32 heavy (non-hydrogen) atoms. The number of carboxylic acids is 2. The topological polar surface area (TPSA) is 95.7 Å². The van der Waals surface area contributed by atoms with Crippen molar-refractivity contribution >= 4 is 55.4 Å². The maximum Gasteiger partial charge on any atom is 0.328 e. The largest absolute Gasteiger partial charge is 0.478 e. The fraction of sp³-hybridized carbons (Fsp3) is 0.125. The van der Waals surface area contributed by atoms with Crippen LogP contribution < -0.4 is 5.01 Å². The fourth-order valence-electron chi connectivity index (χ4n) is 3.40. The quantitative estimate of drug-likeness (QED) is 0.350. The number of hydrogen-bond acceptors (Lipinski definition) is 4. The van der Waals surface area contributed by atoms with E-state index in [-0.39, 0.29) is 0 Å². The average Bonchev–Trinajstić information content (AvgIpc) is 3.10. The Morgan fingerprint density at radius 3 is 2.22 bits per heavy atom. The summed E-state index contributed by atoms with van der Waals surface area (Å²) in [7, 11) is 0. The molecule has 2 aromatic carbocycles. The first-order chi connectivity index (χ1) is 15.4. The van der Waals surface area contributed by atoms with Gasteiger partial charge in [-0.3, -0.25) is 14.7 Å². The van der Waals surface area contributed by atoms with Crippen molar-refractivity contribution in [1.82, 2.24) is 9.66 Å². The predicted octanol–water partition coefficient (Wildman–Crippen LogP) is 5.34. The van der Waals surface area contributed by atoms with E-state index in [4.69, 9.17) is 10.2 Å². The van der Waals surface area contributed by atoms with Gasteiger partial charge in [-0.25, -0.2) is 9.59 Å². The second-order valence-corrected chi connectivity index (χ2v) is 7.74. The highest BCUT2D eigenvalue weighted by Crippen LogP contribution is 2.33. The average molecular weight is 496 g/mol. The van der Waals surface area contributed by atoms with Gasteiger partial charge in [0.25, 0.3) is 0 Å². The first kappa shape index (κ1) is 23.0. The summed E-state index contributed by atoms with van der Waals surface area (Å²) in [5.41, 5.74) is 3.58. The summed E-state index contributed by atoms with van der Waals surface area (Å²) in [6.07, 6.45) is 5.88. The molecular weight excluding hydrogens is 474 g/mol. The Morgan fingerprint density at radius 1 is 0.969 bits per heavy atom. The van der Waals surface area contributed by atoms with Crippen molar-refractivity contribution in [3.05, 3.63) is 83.6 Å². The number of halogens is 1. The molecule has 0 atom stereocenters. The van der Waals surface area contributed by atoms with Gasteiger partial charge in [0.1, 0.15) is 0 Å². The Balaban J connectivity index is 0.000000312. The molecule has 0 aliphatic rings. The van der Waals surface area contributed by atoms with Crippen LogP contribution in [0.5, 0.6) is 0 Å². The van der Waals surface area contributed by atoms with Crippen molar-refractivity contribution in [1.29, 1.82) is 0 Å². The maximum absolute atomic E-state index is 9.55. The minimum Gasteiger partial charge on any atom is -0.478 e. The number of fused-ring (bicyclic) bond motifs is 3. The minimum absolute atomic E-state index is 0.558. The maximum atomic E-state index is 9.55. The number of benzene rings is 2. The number of hydrogen-bond donors (Lipinski definition) is 2. The van der Waals surface area contributed by atoms with Crippen molar-refractivity contribution in [2.45, 2.75) is 13.3 Å². The van der Waals surface area contributed by atoms with Gasteiger partial charge in [0.05, 0.1) is 16.7 Å². The second-order valence-electron chi connectivity index (χ2n) is 6.83. The number of anilines is 1. The molecule has 0 bridgehead atoms. The van der Waals surface area contributed by atoms with Crippen LogP contribution in [0.25, 0.3) is 21.8 Å². The molecule has 0 amide bonds. The molecule has 8 heteroatoms. The zero-order valence-electron chi connectivity index (χ0n) is 17.4. The van der Waals surface area contributed by atoms with E-state index in [1.165, 1.54) is 21.8 Å². The number of aliphatic carboxylic acids is 2. The molecule has 0 radical (unpaired) electrons. The highest BCUT2D eigenvalue weighted by atomic mass is 79.9. The van der Waals surface area contributed by atoms with E-state index in [1.54, 1.807) is 0 Å². The Labute approximate surface area is 193 Å². The number of aromatic nitrogens is 2. The Morgan fingerprint density at radius 2 is 1.59 bits per heavy atom. The van der Waals surface area contributed by atoms with E-state index in [2.05, 4.69) is 92.1 Å². The zero-order valence-corrected chi connectivity index (χ0v) is 18.9. The van der Waals surface area contributed by atoms with Crippen LogP contribution in [0.15, 0.2) is 83.6 Å². The molecule has 4 aromatic rings. The number of carbonyl (C=O) groups is 2. The lowest BCUT2D eigenvalue weighted by atomic mass is 10.2. The fourth-order valence-corrected chi connectivity index (χ4v) is 3.76. The summed E-state index contributed by atoms with van der Waals surface area (Å²) in [5, 5.41) is 20.5. The molecule has 0 spiro atoms. The highest BCUT2D eigenvalue weighted by molar-refractivity contribution is 9.10. The number of nitrogens with zero attached hydrogens (tertiary/aromatic N) is 3. The predicted molar refractivity (Wildman–Crippen MR) is 129 cm³/mol. The third kappa shape index (κ3) is 5.33. The first-order valence-electron chi connectivity index (χ1n) is 9.93. The van der Waals surface area contributed by atoms with Crippen LogP contribution in [0, 0.1) is 0 Å². The van der Waals surface area contributed by atoms with E-state index in [1.807, 2.05) is 12.4 Å². The third-order valence-electron chi connectivity index (χ3n) is 4.62. The summed E-state index contributed by atoms with van der Waals surface area (Å²) in [5.74, 6) is -2.51. The molecule has 2 heterocycles. The van der Waals surface area contributed by atoms with E-state index >= 15 is 0 Å². The van der Waals surface area contributed by atoms with Gasteiger partial charge < -0.3 is 10.2 Å². The van der Waals surface area contributed by atoms with Gasteiger partial charge in [0.2, 0.25) is 0 Å². The summed E-state index contributed by atoms with van der Waals surface area (Å²) in [4.78, 5) is 23.3. The molecule has 2 aromatic heterocycles. The lowest BCUT2D eigenvalue weighted by Gasteiger charge is -2.27. The minimum atomic E-state index is -1.26. The Hall–Kier alpha value is -3.65. The van der Waals surface area contributed by atoms with Gasteiger partial charge in [0.15, 0.2) is 0 Å². The molecule has 0 aliphatic carbocycles. The van der Waals surface area contributed by atoms with Crippen LogP contribution in [0.1, 0.15) is 13.3 Å². The summed E-state index contributed by atoms with van der Waals surface area (Å²) in [6.45, 7) is 3.15. The van der Waals surface area contributed by atoms with Crippen LogP contribution in [-0.2, 0) is 9.59 Å². The lowest BCUT2D eigenvalue weighted by molar-refractivity contribution is -0.134. The molecule has 0 fully saturated rings. The summed E-state index contributed by atoms with van der Waals surface area (Å²) in [6, 6.07) is 19.2. The van der Waals surface area contributed by atoms with Crippen LogP contribution >= 0.6 is 15.9 Å². The van der Waals surface area contributed by atoms with Crippen molar-refractivity contribution in [2.24, 2.45) is 0 Å². The second kappa shape index (κ2) is 10.6. The molecule has 164 valence electrons. The smallest absolute Gasteiger partial charge is 0.328 e. The van der Waals surface area contributed by atoms with Crippen molar-refractivity contribution in [3.8, 4) is 0 Å². The standard InChI is InChI=1S/C20H18BrN3.C4H4O4/c1-2-13-23(16-9-11-22-12-10-16)24-19-6-4-3-5-17(19)18-14-15(21)7-8-20(18)24;5-3(6)1-2-4(7)8/h3-12,14H,2,13H2,1H3;1-2H,(H,5,6)(H,7,8). The zero-order chi connectivity index (χ0) is 23.1. The number of rotatable bonds is 6. The molecular formula is C24H22BrN3O4. The van der Waals surface area contributed by atoms with Gasteiger partial charge in [-0.1, -0.05) is 41.1 Å². The molecule has 0 saturated heterocycles. The number of pyridine rings is 1. The molecule has 4 rings (SSSR count). The van der Waals surface area contributed by atoms with Gasteiger partial charge in [-0.15, -0.1) is 0 Å². The van der Waals surface area contributed by atoms with Gasteiger partial charge >= 0.3 is 11.9 Å². The normalized spacial score (nSPS) is 10.8. The summed E-state index contributed by atoms with van der Waals surface area (Å²) < 4.78 is 3.43. The van der Waals surface area contributed by atoms with E-state index in [0.29, 0.717) is 12.2 Å². The van der Waals surface area contributed by atoms with E-state index in [0.717, 1.165) is 23.1 Å². The van der Waals surface area contributed by atoms with Gasteiger partial charge in [0, 0.05) is 46.3 Å². The monoisotopic (exact) mass is 495 g/mol. The van der Waals surface area contributed by atoms with Crippen LogP contribution in [-0.4, -0.2) is 38.4 Å². The van der Waals surface area contributed by atoms with Crippen molar-refractivity contribution < 1.29 is 19.8 Å². The number of carboxylic acid groups (broad SMARTS) is 2. The first-order valence-corrected chi connectivity index (χ1v) is 10.7. The van der Waals surface area contributed by atoms with Crippen molar-refractivity contribution in [3.63, 3.8) is 0 Å². The molecule has 0 unspecified atom stereocenters. The third-order valence-corrected chi connectivity index (χ3v) is 5.11. The highest BCUT2D eigenvalue weighted by Gasteiger charge is 2.16. The van der Waals surface area contributed by atoms with E-state index in [9.17, 15) is 9.59 Å². The Bertz CT molecular complexity index is 1250. The van der Waals surface area contributed by atoms with Gasteiger partial charge in [-0.05, 0) is 42.8 Å². The van der Waals surface area contributed by atoms with Crippen molar-refractivity contribution in [2.75, 3.05) is 11.6 Å². The Kier molecular flexibility index (Phi) is 7.62. The molecule has 0 aliphatic heterocycles. The van der Waals surface area contributed by atoms with Gasteiger partial charge in [-0.2, -0.15) is 0 Å².